The number of hydrogen-bond donors (Lipinski definition) is 0. The van der Waals surface area contributed by atoms with Gasteiger partial charge in [0.15, 0.2) is 0 Å². The predicted octanol–water partition coefficient (Wildman–Crippen LogP) is 2.75. The Bertz CT molecular complexity index is 258. The molecule has 0 saturated carbocycles. The van der Waals surface area contributed by atoms with Crippen molar-refractivity contribution in [2.45, 2.75) is 6.92 Å². The van der Waals surface area contributed by atoms with Gasteiger partial charge in [-0.3, -0.25) is 0 Å². The Labute approximate surface area is 80.7 Å². The summed E-state index contributed by atoms with van der Waals surface area (Å²) in [7, 11) is 2.08. The molecule has 13 heavy (non-hydrogen) atoms. The lowest BCUT2D eigenvalue weighted by atomic mass is 10.1. The van der Waals surface area contributed by atoms with E-state index in [2.05, 4.69) is 43.8 Å². The first-order valence-corrected chi connectivity index (χ1v) is 4.60. The Kier molecular flexibility index (Phi) is 3.56. The minimum atomic E-state index is 0.589. The van der Waals surface area contributed by atoms with Crippen molar-refractivity contribution in [2.75, 3.05) is 13.6 Å². The van der Waals surface area contributed by atoms with Gasteiger partial charge in [0.05, 0.1) is 0 Å². The van der Waals surface area contributed by atoms with Crippen LogP contribution in [0.1, 0.15) is 6.92 Å². The van der Waals surface area contributed by atoms with Crippen LogP contribution >= 0.6 is 0 Å². The molecular formula is C12H17N. The topological polar surface area (TPSA) is 3.24 Å². The molecule has 0 radical (unpaired) electrons. The third kappa shape index (κ3) is 3.79. The van der Waals surface area contributed by atoms with Crippen LogP contribution in [0.5, 0.6) is 0 Å². The second kappa shape index (κ2) is 4.70. The van der Waals surface area contributed by atoms with E-state index in [0.29, 0.717) is 5.92 Å². The highest BCUT2D eigenvalue weighted by molar-refractivity contribution is 5.29. The Balaban J connectivity index is 2.75. The van der Waals surface area contributed by atoms with Crippen LogP contribution in [0.3, 0.4) is 0 Å². The van der Waals surface area contributed by atoms with Gasteiger partial charge in [-0.2, -0.15) is 0 Å². The van der Waals surface area contributed by atoms with E-state index in [1.54, 1.807) is 0 Å². The minimum absolute atomic E-state index is 0.589. The van der Waals surface area contributed by atoms with E-state index in [1.165, 1.54) is 0 Å². The van der Waals surface area contributed by atoms with Gasteiger partial charge in [0, 0.05) is 13.6 Å². The van der Waals surface area contributed by atoms with Crippen LogP contribution in [-0.4, -0.2) is 18.5 Å². The summed E-state index contributed by atoms with van der Waals surface area (Å²) in [6.07, 6.45) is 12.4. The molecule has 1 aliphatic heterocycles. The molecule has 0 aromatic rings. The zero-order valence-corrected chi connectivity index (χ0v) is 8.40. The van der Waals surface area contributed by atoms with Crippen LogP contribution in [0, 0.1) is 5.92 Å². The molecule has 70 valence electrons. The Morgan fingerprint density at radius 2 is 2.15 bits per heavy atom. The fourth-order valence-electron chi connectivity index (χ4n) is 1.29. The minimum Gasteiger partial charge on any atom is -0.380 e. The van der Waals surface area contributed by atoms with Crippen molar-refractivity contribution in [3.8, 4) is 0 Å². The Morgan fingerprint density at radius 3 is 2.92 bits per heavy atom. The van der Waals surface area contributed by atoms with Crippen molar-refractivity contribution in [1.29, 1.82) is 0 Å². The van der Waals surface area contributed by atoms with Crippen LogP contribution in [0.4, 0.5) is 0 Å². The van der Waals surface area contributed by atoms with Gasteiger partial charge in [0.25, 0.3) is 0 Å². The molecule has 1 heteroatoms. The van der Waals surface area contributed by atoms with Crippen LogP contribution < -0.4 is 0 Å². The molecule has 0 fully saturated rings. The standard InChI is InChI=1S/C12H17N/c1-11-6-4-5-7-12(2)10-13(3)9-8-11/h4-9,12H,1,10H2,2-3H3/b6-4-,7-5-,9-8?. The van der Waals surface area contributed by atoms with E-state index in [4.69, 9.17) is 0 Å². The molecule has 0 bridgehead atoms. The van der Waals surface area contributed by atoms with E-state index in [9.17, 15) is 0 Å². The number of allylic oxidation sites excluding steroid dienone is 5. The Hall–Kier alpha value is -1.24. The monoisotopic (exact) mass is 175 g/mol. The molecule has 0 aromatic heterocycles. The third-order valence-corrected chi connectivity index (χ3v) is 1.98. The first kappa shape index (κ1) is 9.85. The average Bonchev–Trinajstić information content (AvgIpc) is 2.08. The van der Waals surface area contributed by atoms with Crippen molar-refractivity contribution < 1.29 is 0 Å². The summed E-state index contributed by atoms with van der Waals surface area (Å²) in [6.45, 7) is 7.17. The fourth-order valence-corrected chi connectivity index (χ4v) is 1.29. The van der Waals surface area contributed by atoms with Crippen LogP contribution in [-0.2, 0) is 0 Å². The van der Waals surface area contributed by atoms with Crippen molar-refractivity contribution in [3.05, 3.63) is 48.7 Å². The molecule has 1 rings (SSSR count). The summed E-state index contributed by atoms with van der Waals surface area (Å²) >= 11 is 0. The molecule has 0 amide bonds. The molecule has 0 N–H and O–H groups in total. The van der Waals surface area contributed by atoms with E-state index in [0.717, 1.165) is 12.1 Å². The SMILES string of the molecule is C=C1C=CN(C)CC(C)/C=C\C=C/1. The maximum atomic E-state index is 3.91. The molecular weight excluding hydrogens is 158 g/mol. The normalized spacial score (nSPS) is 28.6. The first-order chi connectivity index (χ1) is 6.18. The molecule has 0 saturated heterocycles. The lowest BCUT2D eigenvalue weighted by Crippen LogP contribution is -2.17. The van der Waals surface area contributed by atoms with Crippen LogP contribution in [0.25, 0.3) is 0 Å². The fraction of sp³-hybridized carbons (Fsp3) is 0.333. The smallest absolute Gasteiger partial charge is 0.0229 e. The summed E-state index contributed by atoms with van der Waals surface area (Å²) < 4.78 is 0. The molecule has 1 atom stereocenters. The molecule has 0 spiro atoms. The van der Waals surface area contributed by atoms with E-state index in [1.807, 2.05) is 18.2 Å². The van der Waals surface area contributed by atoms with Gasteiger partial charge >= 0.3 is 0 Å². The zero-order chi connectivity index (χ0) is 9.68. The van der Waals surface area contributed by atoms with Gasteiger partial charge < -0.3 is 4.90 Å². The highest BCUT2D eigenvalue weighted by Gasteiger charge is 1.99. The van der Waals surface area contributed by atoms with Gasteiger partial charge in [0.2, 0.25) is 0 Å². The lowest BCUT2D eigenvalue weighted by Gasteiger charge is -2.17. The number of rotatable bonds is 0. The summed E-state index contributed by atoms with van der Waals surface area (Å²) in [5.74, 6) is 0.589. The van der Waals surface area contributed by atoms with Gasteiger partial charge in [0.1, 0.15) is 0 Å². The third-order valence-electron chi connectivity index (χ3n) is 1.98. The van der Waals surface area contributed by atoms with E-state index >= 15 is 0 Å². The molecule has 0 aliphatic carbocycles. The first-order valence-electron chi connectivity index (χ1n) is 4.60. The average molecular weight is 175 g/mol. The molecule has 1 aliphatic rings. The largest absolute Gasteiger partial charge is 0.380 e. The van der Waals surface area contributed by atoms with Crippen molar-refractivity contribution in [3.63, 3.8) is 0 Å². The van der Waals surface area contributed by atoms with Crippen LogP contribution in [0.15, 0.2) is 48.7 Å². The quantitative estimate of drug-likeness (QED) is 0.547. The maximum Gasteiger partial charge on any atom is 0.0229 e. The molecule has 0 aromatic carbocycles. The summed E-state index contributed by atoms with van der Waals surface area (Å²) in [4.78, 5) is 2.18. The van der Waals surface area contributed by atoms with Crippen molar-refractivity contribution in [2.24, 2.45) is 5.92 Å². The molecule has 1 nitrogen and oxygen atoms in total. The number of nitrogens with zero attached hydrogens (tertiary/aromatic N) is 1. The van der Waals surface area contributed by atoms with E-state index < -0.39 is 0 Å². The van der Waals surface area contributed by atoms with E-state index in [-0.39, 0.29) is 0 Å². The van der Waals surface area contributed by atoms with Crippen molar-refractivity contribution in [1.82, 2.24) is 4.90 Å². The summed E-state index contributed by atoms with van der Waals surface area (Å²) in [6, 6.07) is 0. The van der Waals surface area contributed by atoms with Gasteiger partial charge in [-0.15, -0.1) is 0 Å². The highest BCUT2D eigenvalue weighted by Crippen LogP contribution is 2.05. The molecule has 1 unspecified atom stereocenters. The number of hydrogen-bond acceptors (Lipinski definition) is 1. The lowest BCUT2D eigenvalue weighted by molar-refractivity contribution is 0.410. The summed E-state index contributed by atoms with van der Waals surface area (Å²) in [5, 5.41) is 0. The van der Waals surface area contributed by atoms with Crippen molar-refractivity contribution >= 4 is 0 Å². The van der Waals surface area contributed by atoms with Gasteiger partial charge in [-0.1, -0.05) is 37.8 Å². The van der Waals surface area contributed by atoms with Gasteiger partial charge in [-0.05, 0) is 23.8 Å². The van der Waals surface area contributed by atoms with Crippen LogP contribution in [0.2, 0.25) is 0 Å². The second-order valence-electron chi connectivity index (χ2n) is 3.55. The highest BCUT2D eigenvalue weighted by atomic mass is 15.1. The maximum absolute atomic E-state index is 3.91. The second-order valence-corrected chi connectivity index (χ2v) is 3.55. The predicted molar refractivity (Wildman–Crippen MR) is 58.4 cm³/mol. The summed E-state index contributed by atoms with van der Waals surface area (Å²) in [5.41, 5.74) is 1.03. The zero-order valence-electron chi connectivity index (χ0n) is 8.40. The molecule has 1 heterocycles. The van der Waals surface area contributed by atoms with Gasteiger partial charge in [-0.25, -0.2) is 0 Å². The Morgan fingerprint density at radius 1 is 1.38 bits per heavy atom.